The second-order valence-electron chi connectivity index (χ2n) is 4.86. The van der Waals surface area contributed by atoms with Gasteiger partial charge < -0.3 is 0 Å². The highest BCUT2D eigenvalue weighted by Gasteiger charge is 2.20. The zero-order valence-electron chi connectivity index (χ0n) is 9.95. The van der Waals surface area contributed by atoms with Gasteiger partial charge in [-0.05, 0) is 36.5 Å². The molecule has 0 atom stereocenters. The van der Waals surface area contributed by atoms with Gasteiger partial charge in [-0.25, -0.2) is 8.42 Å². The minimum absolute atomic E-state index is 0.299. The van der Waals surface area contributed by atoms with Crippen molar-refractivity contribution in [1.82, 2.24) is 0 Å². The number of rotatable bonds is 5. The molecule has 1 saturated carbocycles. The van der Waals surface area contributed by atoms with E-state index >= 15 is 0 Å². The lowest BCUT2D eigenvalue weighted by Crippen LogP contribution is -1.98. The van der Waals surface area contributed by atoms with Gasteiger partial charge in [0.2, 0.25) is 0 Å². The molecule has 2 nitrogen and oxygen atoms in total. The molecule has 0 unspecified atom stereocenters. The number of sulfone groups is 1. The van der Waals surface area contributed by atoms with Crippen LogP contribution in [0, 0.1) is 5.92 Å². The molecule has 0 amide bonds. The Bertz CT molecular complexity index is 504. The minimum atomic E-state index is -3.15. The Morgan fingerprint density at radius 1 is 1.35 bits per heavy atom. The number of benzene rings is 1. The fraction of sp³-hybridized carbons (Fsp3) is 0.538. The van der Waals surface area contributed by atoms with E-state index in [0.29, 0.717) is 9.92 Å². The van der Waals surface area contributed by atoms with Crippen molar-refractivity contribution in [2.75, 3.05) is 6.26 Å². The summed E-state index contributed by atoms with van der Waals surface area (Å²) in [7, 11) is -3.15. The molecule has 0 saturated heterocycles. The van der Waals surface area contributed by atoms with Crippen LogP contribution in [0.25, 0.3) is 0 Å². The van der Waals surface area contributed by atoms with Crippen molar-refractivity contribution >= 4 is 21.4 Å². The minimum Gasteiger partial charge on any atom is -0.224 e. The van der Waals surface area contributed by atoms with Gasteiger partial charge in [-0.2, -0.15) is 0 Å². The van der Waals surface area contributed by atoms with Crippen molar-refractivity contribution < 1.29 is 8.42 Å². The van der Waals surface area contributed by atoms with Gasteiger partial charge in [-0.1, -0.05) is 36.9 Å². The third-order valence-corrected chi connectivity index (χ3v) is 4.67. The Hall–Kier alpha value is -0.540. The summed E-state index contributed by atoms with van der Waals surface area (Å²) in [6, 6.07) is 5.04. The molecule has 1 aromatic carbocycles. The SMILES string of the molecule is CS(=O)(=O)c1ccc(CCCC2CC2)c(Cl)c1. The molecule has 1 aliphatic carbocycles. The van der Waals surface area contributed by atoms with E-state index in [0.717, 1.165) is 24.3 Å². The van der Waals surface area contributed by atoms with E-state index < -0.39 is 9.84 Å². The van der Waals surface area contributed by atoms with Crippen molar-refractivity contribution in [1.29, 1.82) is 0 Å². The van der Waals surface area contributed by atoms with E-state index in [9.17, 15) is 8.42 Å². The van der Waals surface area contributed by atoms with Crippen LogP contribution in [-0.4, -0.2) is 14.7 Å². The standard InChI is InChI=1S/C13H17ClO2S/c1-17(15,16)12-8-7-11(13(14)9-12)4-2-3-10-5-6-10/h7-10H,2-6H2,1H3. The van der Waals surface area contributed by atoms with Gasteiger partial charge in [-0.3, -0.25) is 0 Å². The molecule has 1 fully saturated rings. The van der Waals surface area contributed by atoms with Gasteiger partial charge in [0.15, 0.2) is 9.84 Å². The highest BCUT2D eigenvalue weighted by molar-refractivity contribution is 7.90. The van der Waals surface area contributed by atoms with Gasteiger partial charge in [0.05, 0.1) is 4.90 Å². The molecule has 0 bridgehead atoms. The van der Waals surface area contributed by atoms with Crippen LogP contribution in [-0.2, 0) is 16.3 Å². The average Bonchev–Trinajstić information content (AvgIpc) is 3.02. The monoisotopic (exact) mass is 272 g/mol. The molecule has 2 rings (SSSR count). The molecule has 0 heterocycles. The Kier molecular flexibility index (Phi) is 3.79. The normalized spacial score (nSPS) is 16.1. The van der Waals surface area contributed by atoms with Crippen LogP contribution in [0.15, 0.2) is 23.1 Å². The molecule has 1 aromatic rings. The van der Waals surface area contributed by atoms with Gasteiger partial charge in [-0.15, -0.1) is 0 Å². The molecular formula is C13H17ClO2S. The fourth-order valence-electron chi connectivity index (χ4n) is 1.95. The quantitative estimate of drug-likeness (QED) is 0.822. The maximum atomic E-state index is 11.3. The average molecular weight is 273 g/mol. The summed E-state index contributed by atoms with van der Waals surface area (Å²) in [5.74, 6) is 0.934. The first kappa shape index (κ1) is 12.9. The summed E-state index contributed by atoms with van der Waals surface area (Å²) in [6.07, 6.45) is 7.30. The summed E-state index contributed by atoms with van der Waals surface area (Å²) < 4.78 is 22.7. The number of halogens is 1. The molecule has 0 radical (unpaired) electrons. The second-order valence-corrected chi connectivity index (χ2v) is 7.28. The van der Waals surface area contributed by atoms with Crippen LogP contribution in [0.5, 0.6) is 0 Å². The van der Waals surface area contributed by atoms with Crippen LogP contribution in [0.2, 0.25) is 5.02 Å². The molecule has 17 heavy (non-hydrogen) atoms. The summed E-state index contributed by atoms with van der Waals surface area (Å²) in [6.45, 7) is 0. The summed E-state index contributed by atoms with van der Waals surface area (Å²) in [4.78, 5) is 0.299. The number of aryl methyl sites for hydroxylation is 1. The second kappa shape index (κ2) is 4.99. The molecule has 0 aromatic heterocycles. The zero-order chi connectivity index (χ0) is 12.5. The van der Waals surface area contributed by atoms with E-state index in [1.807, 2.05) is 6.07 Å². The van der Waals surface area contributed by atoms with E-state index in [4.69, 9.17) is 11.6 Å². The number of hydrogen-bond donors (Lipinski definition) is 0. The molecule has 0 N–H and O–H groups in total. The van der Waals surface area contributed by atoms with E-state index in [-0.39, 0.29) is 0 Å². The third kappa shape index (κ3) is 3.71. The van der Waals surface area contributed by atoms with Crippen LogP contribution >= 0.6 is 11.6 Å². The van der Waals surface area contributed by atoms with Crippen molar-refractivity contribution in [3.63, 3.8) is 0 Å². The molecule has 1 aliphatic rings. The van der Waals surface area contributed by atoms with E-state index in [1.54, 1.807) is 12.1 Å². The highest BCUT2D eigenvalue weighted by atomic mass is 35.5. The van der Waals surface area contributed by atoms with Gasteiger partial charge in [0.1, 0.15) is 0 Å². The lowest BCUT2D eigenvalue weighted by molar-refractivity contribution is 0.602. The van der Waals surface area contributed by atoms with Crippen LogP contribution < -0.4 is 0 Å². The summed E-state index contributed by atoms with van der Waals surface area (Å²) >= 11 is 6.10. The smallest absolute Gasteiger partial charge is 0.175 e. The first-order valence-electron chi connectivity index (χ1n) is 5.95. The Morgan fingerprint density at radius 2 is 2.06 bits per heavy atom. The maximum Gasteiger partial charge on any atom is 0.175 e. The molecular weight excluding hydrogens is 256 g/mol. The lowest BCUT2D eigenvalue weighted by Gasteiger charge is -2.06. The Balaban J connectivity index is 2.02. The fourth-order valence-corrected chi connectivity index (χ4v) is 2.94. The van der Waals surface area contributed by atoms with Crippen molar-refractivity contribution in [2.45, 2.75) is 37.0 Å². The third-order valence-electron chi connectivity index (χ3n) is 3.21. The lowest BCUT2D eigenvalue weighted by atomic mass is 10.1. The van der Waals surface area contributed by atoms with Crippen molar-refractivity contribution in [3.05, 3.63) is 28.8 Å². The molecule has 94 valence electrons. The van der Waals surface area contributed by atoms with Crippen molar-refractivity contribution in [2.24, 2.45) is 5.92 Å². The highest BCUT2D eigenvalue weighted by Crippen LogP contribution is 2.34. The largest absolute Gasteiger partial charge is 0.224 e. The van der Waals surface area contributed by atoms with Crippen LogP contribution in [0.3, 0.4) is 0 Å². The number of hydrogen-bond acceptors (Lipinski definition) is 2. The zero-order valence-corrected chi connectivity index (χ0v) is 11.5. The maximum absolute atomic E-state index is 11.3. The van der Waals surface area contributed by atoms with Gasteiger partial charge in [0, 0.05) is 11.3 Å². The first-order chi connectivity index (χ1) is 7.97. The summed E-state index contributed by atoms with van der Waals surface area (Å²) in [5.41, 5.74) is 1.06. The summed E-state index contributed by atoms with van der Waals surface area (Å²) in [5, 5.41) is 0.573. The topological polar surface area (TPSA) is 34.1 Å². The van der Waals surface area contributed by atoms with E-state index in [1.165, 1.54) is 25.5 Å². The molecule has 0 spiro atoms. The first-order valence-corrected chi connectivity index (χ1v) is 8.22. The van der Waals surface area contributed by atoms with Crippen LogP contribution in [0.4, 0.5) is 0 Å². The Morgan fingerprint density at radius 3 is 2.59 bits per heavy atom. The predicted molar refractivity (Wildman–Crippen MR) is 70.2 cm³/mol. The van der Waals surface area contributed by atoms with Crippen LogP contribution in [0.1, 0.15) is 31.2 Å². The molecule has 0 aliphatic heterocycles. The predicted octanol–water partition coefficient (Wildman–Crippen LogP) is 3.48. The van der Waals surface area contributed by atoms with E-state index in [2.05, 4.69) is 0 Å². The van der Waals surface area contributed by atoms with Gasteiger partial charge in [0.25, 0.3) is 0 Å². The van der Waals surface area contributed by atoms with Gasteiger partial charge >= 0.3 is 0 Å². The van der Waals surface area contributed by atoms with Crippen molar-refractivity contribution in [3.8, 4) is 0 Å². The Labute approximate surface area is 108 Å². The molecule has 4 heteroatoms.